The molecule has 0 saturated carbocycles. The minimum absolute atomic E-state index is 0.142. The topological polar surface area (TPSA) is 88.1 Å². The van der Waals surface area contributed by atoms with Crippen molar-refractivity contribution in [2.24, 2.45) is 0 Å². The van der Waals surface area contributed by atoms with E-state index in [1.165, 1.54) is 13.8 Å². The number of hydrogen-bond donors (Lipinski definition) is 0. The van der Waals surface area contributed by atoms with Crippen LogP contribution in [0.3, 0.4) is 0 Å². The highest BCUT2D eigenvalue weighted by Crippen LogP contribution is 2.27. The van der Waals surface area contributed by atoms with E-state index in [9.17, 15) is 13.8 Å². The molecule has 1 aliphatic heterocycles. The van der Waals surface area contributed by atoms with Crippen molar-refractivity contribution in [1.82, 2.24) is 0 Å². The number of ether oxygens (including phenoxy) is 4. The summed E-state index contributed by atoms with van der Waals surface area (Å²) < 4.78 is 34.4. The summed E-state index contributed by atoms with van der Waals surface area (Å²) in [5, 5.41) is 0. The van der Waals surface area contributed by atoms with Crippen molar-refractivity contribution in [3.63, 3.8) is 0 Å². The minimum Gasteiger partial charge on any atom is -0.463 e. The van der Waals surface area contributed by atoms with Crippen LogP contribution in [-0.2, 0) is 45.9 Å². The molecule has 2 rings (SSSR count). The van der Waals surface area contributed by atoms with E-state index in [1.807, 2.05) is 30.3 Å². The molecule has 0 bridgehead atoms. The van der Waals surface area contributed by atoms with Gasteiger partial charge in [-0.2, -0.15) is 0 Å². The zero-order valence-electron chi connectivity index (χ0n) is 15.6. The Hall–Kier alpha value is -2.03. The molecule has 0 saturated heterocycles. The number of esters is 2. The lowest BCUT2D eigenvalue weighted by molar-refractivity contribution is -0.200. The van der Waals surface area contributed by atoms with Gasteiger partial charge in [-0.3, -0.25) is 13.8 Å². The Kier molecular flexibility index (Phi) is 8.15. The highest BCUT2D eigenvalue weighted by Gasteiger charge is 2.38. The van der Waals surface area contributed by atoms with Crippen molar-refractivity contribution in [2.75, 3.05) is 12.4 Å². The van der Waals surface area contributed by atoms with E-state index >= 15 is 0 Å². The van der Waals surface area contributed by atoms with Crippen LogP contribution in [0.15, 0.2) is 41.3 Å². The molecule has 0 aromatic heterocycles. The Bertz CT molecular complexity index is 701. The molecule has 7 nitrogen and oxygen atoms in total. The average Bonchev–Trinajstić information content (AvgIpc) is 2.65. The molecule has 8 heteroatoms. The first kappa shape index (κ1) is 21.3. The van der Waals surface area contributed by atoms with Crippen LogP contribution in [-0.4, -0.2) is 47.0 Å². The number of rotatable bonds is 8. The molecule has 4 atom stereocenters. The van der Waals surface area contributed by atoms with Crippen molar-refractivity contribution >= 4 is 22.7 Å². The highest BCUT2D eigenvalue weighted by molar-refractivity contribution is 7.89. The van der Waals surface area contributed by atoms with Gasteiger partial charge in [-0.15, -0.1) is 0 Å². The normalized spacial score (nSPS) is 23.2. The molecule has 0 radical (unpaired) electrons. The molecule has 0 spiro atoms. The quantitative estimate of drug-likeness (QED) is 0.622. The van der Waals surface area contributed by atoms with E-state index in [1.54, 1.807) is 13.0 Å². The summed E-state index contributed by atoms with van der Waals surface area (Å²) >= 11 is 0. The third-order valence-electron chi connectivity index (χ3n) is 3.75. The zero-order chi connectivity index (χ0) is 19.8. The summed E-state index contributed by atoms with van der Waals surface area (Å²) in [6, 6.07) is 9.52. The number of hydrogen-bond acceptors (Lipinski definition) is 7. The Labute approximate surface area is 161 Å². The maximum absolute atomic E-state index is 12.5. The van der Waals surface area contributed by atoms with Crippen LogP contribution < -0.4 is 0 Å². The van der Waals surface area contributed by atoms with Gasteiger partial charge in [-0.05, 0) is 11.6 Å². The summed E-state index contributed by atoms with van der Waals surface area (Å²) in [5.74, 6) is -0.691. The van der Waals surface area contributed by atoms with Gasteiger partial charge in [-0.25, -0.2) is 0 Å². The summed E-state index contributed by atoms with van der Waals surface area (Å²) in [5.41, 5.74) is 0.950. The van der Waals surface area contributed by atoms with E-state index in [0.717, 1.165) is 5.56 Å². The van der Waals surface area contributed by atoms with Crippen molar-refractivity contribution in [1.29, 1.82) is 0 Å². The van der Waals surface area contributed by atoms with E-state index in [4.69, 9.17) is 18.9 Å². The first-order chi connectivity index (χ1) is 12.9. The van der Waals surface area contributed by atoms with Crippen molar-refractivity contribution < 1.29 is 32.7 Å². The molecule has 1 aromatic rings. The monoisotopic (exact) mass is 396 g/mol. The van der Waals surface area contributed by atoms with Gasteiger partial charge < -0.3 is 18.9 Å². The molecule has 148 valence electrons. The molecular formula is C19H24O7S. The lowest BCUT2D eigenvalue weighted by Crippen LogP contribution is -2.45. The summed E-state index contributed by atoms with van der Waals surface area (Å²) in [4.78, 5) is 23.1. The molecule has 1 aliphatic rings. The van der Waals surface area contributed by atoms with Crippen molar-refractivity contribution in [3.05, 3.63) is 46.9 Å². The fraction of sp³-hybridized carbons (Fsp3) is 0.474. The Morgan fingerprint density at radius 2 is 1.85 bits per heavy atom. The SMILES string of the molecule is CCS(=O)C1=C[C@@H](OCc2ccccc2)O[C@H](COC(C)=O)[C@H]1OC(C)=O. The molecule has 27 heavy (non-hydrogen) atoms. The second-order valence-electron chi connectivity index (χ2n) is 5.88. The standard InChI is InChI=1S/C19H24O7S/c1-4-27(22)17-10-18(24-11-15-8-6-5-7-9-15)26-16(12-23-13(2)20)19(17)25-14(3)21/h5-10,16,18-19H,4,11-12H2,1-3H3/t16-,18+,19-,27?/m1/s1. The molecular weight excluding hydrogens is 372 g/mol. The van der Waals surface area contributed by atoms with Crippen LogP contribution in [0.2, 0.25) is 0 Å². The van der Waals surface area contributed by atoms with Crippen LogP contribution in [0.5, 0.6) is 0 Å². The maximum atomic E-state index is 12.5. The molecule has 0 aliphatic carbocycles. The Morgan fingerprint density at radius 3 is 2.44 bits per heavy atom. The van der Waals surface area contributed by atoms with Crippen molar-refractivity contribution in [3.8, 4) is 0 Å². The van der Waals surface area contributed by atoms with Crippen LogP contribution in [0.4, 0.5) is 0 Å². The van der Waals surface area contributed by atoms with Gasteiger partial charge in [0.2, 0.25) is 0 Å². The van der Waals surface area contributed by atoms with Gasteiger partial charge in [0.15, 0.2) is 12.4 Å². The first-order valence-corrected chi connectivity index (χ1v) is 9.94. The predicted molar refractivity (Wildman–Crippen MR) is 98.8 cm³/mol. The molecule has 1 heterocycles. The van der Waals surface area contributed by atoms with Gasteiger partial charge in [-0.1, -0.05) is 37.3 Å². The second kappa shape index (κ2) is 10.3. The van der Waals surface area contributed by atoms with Crippen LogP contribution in [0, 0.1) is 0 Å². The number of benzene rings is 1. The van der Waals surface area contributed by atoms with Gasteiger partial charge in [0.25, 0.3) is 0 Å². The molecule has 1 unspecified atom stereocenters. The van der Waals surface area contributed by atoms with Gasteiger partial charge in [0.1, 0.15) is 12.7 Å². The largest absolute Gasteiger partial charge is 0.463 e. The van der Waals surface area contributed by atoms with E-state index < -0.39 is 41.2 Å². The van der Waals surface area contributed by atoms with Crippen molar-refractivity contribution in [2.45, 2.75) is 45.9 Å². The third kappa shape index (κ3) is 6.57. The summed E-state index contributed by atoms with van der Waals surface area (Å²) in [6.07, 6.45) is -0.947. The Balaban J connectivity index is 2.21. The van der Waals surface area contributed by atoms with Crippen LogP contribution >= 0.6 is 0 Å². The fourth-order valence-corrected chi connectivity index (χ4v) is 3.60. The first-order valence-electron chi connectivity index (χ1n) is 8.62. The molecule has 1 aromatic carbocycles. The summed E-state index contributed by atoms with van der Waals surface area (Å²) in [6.45, 7) is 4.43. The summed E-state index contributed by atoms with van der Waals surface area (Å²) in [7, 11) is -1.38. The number of carbonyl (C=O) groups is 2. The van der Waals surface area contributed by atoms with Crippen LogP contribution in [0.1, 0.15) is 26.3 Å². The van der Waals surface area contributed by atoms with Gasteiger partial charge in [0, 0.05) is 19.6 Å². The molecule has 0 fully saturated rings. The number of carbonyl (C=O) groups excluding carboxylic acids is 2. The maximum Gasteiger partial charge on any atom is 0.303 e. The third-order valence-corrected chi connectivity index (χ3v) is 5.17. The second-order valence-corrected chi connectivity index (χ2v) is 7.62. The van der Waals surface area contributed by atoms with E-state index in [2.05, 4.69) is 0 Å². The average molecular weight is 396 g/mol. The van der Waals surface area contributed by atoms with E-state index in [0.29, 0.717) is 10.7 Å². The van der Waals surface area contributed by atoms with Gasteiger partial charge in [0.05, 0.1) is 22.3 Å². The lowest BCUT2D eigenvalue weighted by Gasteiger charge is -2.34. The Morgan fingerprint density at radius 1 is 1.15 bits per heavy atom. The minimum atomic E-state index is -1.38. The smallest absolute Gasteiger partial charge is 0.303 e. The fourth-order valence-electron chi connectivity index (χ4n) is 2.55. The predicted octanol–water partition coefficient (Wildman–Crippen LogP) is 2.08. The highest BCUT2D eigenvalue weighted by atomic mass is 32.2. The molecule has 0 N–H and O–H groups in total. The molecule has 0 amide bonds. The van der Waals surface area contributed by atoms with Gasteiger partial charge >= 0.3 is 11.9 Å². The lowest BCUT2D eigenvalue weighted by atomic mass is 10.1. The van der Waals surface area contributed by atoms with E-state index in [-0.39, 0.29) is 13.2 Å². The van der Waals surface area contributed by atoms with Crippen LogP contribution in [0.25, 0.3) is 0 Å². The zero-order valence-corrected chi connectivity index (χ0v) is 16.4.